The first-order valence-corrected chi connectivity index (χ1v) is 5.11. The van der Waals surface area contributed by atoms with Gasteiger partial charge in [0.1, 0.15) is 5.75 Å². The number of ether oxygens (including phenoxy) is 1. The second-order valence-electron chi connectivity index (χ2n) is 2.83. The number of imidazole rings is 1. The van der Waals surface area contributed by atoms with E-state index in [0.717, 1.165) is 0 Å². The number of methoxy groups -OCH3 is 1. The molecule has 0 fully saturated rings. The summed E-state index contributed by atoms with van der Waals surface area (Å²) in [5.74, 6) is -0.711. The van der Waals surface area contributed by atoms with Crippen LogP contribution in [0.4, 0.5) is 4.53 Å². The van der Waals surface area contributed by atoms with Crippen molar-refractivity contribution in [3.05, 3.63) is 24.0 Å². The number of rotatable bonds is 2. The average molecular weight is 240 g/mol. The first-order chi connectivity index (χ1) is 8.24. The number of H-pyrrole nitrogens is 1. The second-order valence-corrected chi connectivity index (χ2v) is 2.83. The van der Waals surface area contributed by atoms with E-state index in [1.165, 1.54) is 7.11 Å². The molecule has 92 valence electrons. The Balaban J connectivity index is 0.000000686. The quantitative estimate of drug-likeness (QED) is 0.876. The van der Waals surface area contributed by atoms with Crippen LogP contribution in [0, 0.1) is 0 Å². The maximum absolute atomic E-state index is 11.6. The van der Waals surface area contributed by atoms with Crippen molar-refractivity contribution in [1.29, 1.82) is 0 Å². The third-order valence-electron chi connectivity index (χ3n) is 1.95. The molecule has 0 unspecified atom stereocenters. The first kappa shape index (κ1) is 13.0. The fraction of sp³-hybridized carbons (Fsp3) is 0.273. The van der Waals surface area contributed by atoms with Crippen LogP contribution in [-0.2, 0) is 4.94 Å². The molecule has 2 rings (SSSR count). The Morgan fingerprint density at radius 1 is 1.41 bits per heavy atom. The fourth-order valence-corrected chi connectivity index (χ4v) is 1.25. The van der Waals surface area contributed by atoms with Crippen molar-refractivity contribution in [2.24, 2.45) is 0 Å². The Labute approximate surface area is 97.5 Å². The molecule has 0 atom stereocenters. The Bertz CT molecular complexity index is 510. The largest absolute Gasteiger partial charge is 0.497 e. The summed E-state index contributed by atoms with van der Waals surface area (Å²) in [4.78, 5) is 20.3. The van der Waals surface area contributed by atoms with E-state index in [4.69, 9.17) is 4.74 Å². The molecule has 17 heavy (non-hydrogen) atoms. The molecule has 1 aromatic carbocycles. The molecular weight excluding hydrogens is 227 g/mol. The van der Waals surface area contributed by atoms with E-state index in [0.29, 0.717) is 16.8 Å². The molecule has 0 radical (unpaired) electrons. The van der Waals surface area contributed by atoms with Crippen LogP contribution in [0.25, 0.3) is 11.0 Å². The highest BCUT2D eigenvalue weighted by molar-refractivity contribution is 5.90. The summed E-state index contributed by atoms with van der Waals surface area (Å²) in [5, 5.41) is 0. The van der Waals surface area contributed by atoms with Crippen molar-refractivity contribution < 1.29 is 19.0 Å². The molecule has 0 saturated heterocycles. The second kappa shape index (κ2) is 5.83. The van der Waals surface area contributed by atoms with Gasteiger partial charge >= 0.3 is 5.97 Å². The van der Waals surface area contributed by atoms with Gasteiger partial charge in [0.25, 0.3) is 0 Å². The van der Waals surface area contributed by atoms with Crippen molar-refractivity contribution >= 4 is 17.0 Å². The molecule has 0 amide bonds. The molecule has 1 aromatic heterocycles. The summed E-state index contributed by atoms with van der Waals surface area (Å²) in [6, 6.07) is 4.99. The zero-order chi connectivity index (χ0) is 12.8. The van der Waals surface area contributed by atoms with Gasteiger partial charge in [0.2, 0.25) is 5.82 Å². The van der Waals surface area contributed by atoms with Gasteiger partial charge in [-0.25, -0.2) is 14.7 Å². The van der Waals surface area contributed by atoms with E-state index in [1.54, 1.807) is 18.2 Å². The number of halogens is 1. The summed E-state index contributed by atoms with van der Waals surface area (Å²) in [7, 11) is 1.52. The molecular formula is C11H13FN2O3. The zero-order valence-electron chi connectivity index (χ0n) is 9.78. The summed E-state index contributed by atoms with van der Waals surface area (Å²) in [6.45, 7) is 4.00. The third kappa shape index (κ3) is 2.72. The summed E-state index contributed by atoms with van der Waals surface area (Å²) < 4.78 is 16.6. The number of aromatic nitrogens is 2. The number of benzene rings is 1. The van der Waals surface area contributed by atoms with Crippen molar-refractivity contribution in [1.82, 2.24) is 9.97 Å². The standard InChI is InChI=1S/C9H7FN2O3.C2H6/c1-14-5-2-3-6-7(4-5)12-8(11-6)9(13)15-10;1-2/h2-4H,1H3,(H,11,12);1-2H3. The minimum atomic E-state index is -1.15. The molecule has 6 heteroatoms. The van der Waals surface area contributed by atoms with E-state index in [9.17, 15) is 9.32 Å². The lowest BCUT2D eigenvalue weighted by atomic mass is 10.3. The van der Waals surface area contributed by atoms with E-state index >= 15 is 0 Å². The maximum atomic E-state index is 11.6. The van der Waals surface area contributed by atoms with Gasteiger partial charge in [-0.3, -0.25) is 0 Å². The Hall–Kier alpha value is -2.11. The van der Waals surface area contributed by atoms with Crippen LogP contribution in [0.1, 0.15) is 24.5 Å². The normalized spacial score (nSPS) is 9.41. The van der Waals surface area contributed by atoms with Crippen molar-refractivity contribution in [2.45, 2.75) is 13.8 Å². The molecule has 5 nitrogen and oxygen atoms in total. The average Bonchev–Trinajstić information content (AvgIpc) is 2.82. The number of nitrogens with one attached hydrogen (secondary N) is 1. The van der Waals surface area contributed by atoms with Gasteiger partial charge in [-0.1, -0.05) is 13.8 Å². The Morgan fingerprint density at radius 2 is 2.12 bits per heavy atom. The van der Waals surface area contributed by atoms with Crippen LogP contribution in [0.2, 0.25) is 0 Å². The molecule has 0 saturated carbocycles. The predicted molar refractivity (Wildman–Crippen MR) is 60.5 cm³/mol. The van der Waals surface area contributed by atoms with Crippen LogP contribution in [0.3, 0.4) is 0 Å². The van der Waals surface area contributed by atoms with E-state index in [-0.39, 0.29) is 5.82 Å². The molecule has 0 aliphatic heterocycles. The van der Waals surface area contributed by atoms with Crippen molar-refractivity contribution in [3.8, 4) is 5.75 Å². The number of hydrogen-bond donors (Lipinski definition) is 1. The number of carbonyl (C=O) groups excluding carboxylic acids is 1. The third-order valence-corrected chi connectivity index (χ3v) is 1.95. The van der Waals surface area contributed by atoms with Crippen molar-refractivity contribution in [2.75, 3.05) is 7.11 Å². The number of fused-ring (bicyclic) bond motifs is 1. The van der Waals surface area contributed by atoms with Gasteiger partial charge in [-0.2, -0.15) is 0 Å². The monoisotopic (exact) mass is 240 g/mol. The number of carbonyl (C=O) groups is 1. The van der Waals surface area contributed by atoms with Gasteiger partial charge in [0, 0.05) is 10.6 Å². The van der Waals surface area contributed by atoms with E-state index in [1.807, 2.05) is 13.8 Å². The Kier molecular flexibility index (Phi) is 4.45. The minimum absolute atomic E-state index is 0.180. The number of hydrogen-bond acceptors (Lipinski definition) is 4. The first-order valence-electron chi connectivity index (χ1n) is 5.11. The van der Waals surface area contributed by atoms with Crippen LogP contribution in [-0.4, -0.2) is 23.0 Å². The van der Waals surface area contributed by atoms with Gasteiger partial charge in [0.05, 0.1) is 18.1 Å². The summed E-state index contributed by atoms with van der Waals surface area (Å²) in [6.07, 6.45) is 0. The lowest BCUT2D eigenvalue weighted by Crippen LogP contribution is -2.00. The maximum Gasteiger partial charge on any atom is 0.414 e. The molecule has 0 bridgehead atoms. The van der Waals surface area contributed by atoms with Gasteiger partial charge in [-0.05, 0) is 12.1 Å². The fourth-order valence-electron chi connectivity index (χ4n) is 1.25. The predicted octanol–water partition coefficient (Wildman–Crippen LogP) is 2.64. The molecule has 0 spiro atoms. The highest BCUT2D eigenvalue weighted by Gasteiger charge is 2.13. The van der Waals surface area contributed by atoms with Crippen molar-refractivity contribution in [3.63, 3.8) is 0 Å². The molecule has 1 N–H and O–H groups in total. The van der Waals surface area contributed by atoms with Crippen LogP contribution < -0.4 is 4.74 Å². The van der Waals surface area contributed by atoms with Gasteiger partial charge < -0.3 is 9.72 Å². The van der Waals surface area contributed by atoms with E-state index in [2.05, 4.69) is 14.9 Å². The lowest BCUT2D eigenvalue weighted by Gasteiger charge is -1.96. The minimum Gasteiger partial charge on any atom is -0.497 e. The topological polar surface area (TPSA) is 64.2 Å². The SMILES string of the molecule is CC.COc1ccc2nc(C(=O)OF)[nH]c2c1. The lowest BCUT2D eigenvalue weighted by molar-refractivity contribution is -0.0797. The summed E-state index contributed by atoms with van der Waals surface area (Å²) >= 11 is 0. The van der Waals surface area contributed by atoms with Gasteiger partial charge in [0.15, 0.2) is 0 Å². The van der Waals surface area contributed by atoms with Crippen LogP contribution in [0.5, 0.6) is 5.75 Å². The summed E-state index contributed by atoms with van der Waals surface area (Å²) in [5.41, 5.74) is 1.12. The van der Waals surface area contributed by atoms with E-state index < -0.39 is 5.97 Å². The molecule has 0 aliphatic rings. The number of nitrogens with zero attached hydrogens (tertiary/aromatic N) is 1. The molecule has 2 aromatic rings. The zero-order valence-corrected chi connectivity index (χ0v) is 9.78. The molecule has 0 aliphatic carbocycles. The number of aromatic amines is 1. The van der Waals surface area contributed by atoms with Gasteiger partial charge in [-0.15, -0.1) is 0 Å². The molecule has 1 heterocycles. The smallest absolute Gasteiger partial charge is 0.414 e. The van der Waals surface area contributed by atoms with Crippen LogP contribution in [0.15, 0.2) is 18.2 Å². The van der Waals surface area contributed by atoms with Crippen LogP contribution >= 0.6 is 0 Å². The highest BCUT2D eigenvalue weighted by Crippen LogP contribution is 2.18. The highest BCUT2D eigenvalue weighted by atomic mass is 19.3. The Morgan fingerprint density at radius 3 is 2.71 bits per heavy atom.